The summed E-state index contributed by atoms with van der Waals surface area (Å²) in [5, 5.41) is 0. The molecular weight excluding hydrogens is 290 g/mol. The van der Waals surface area contributed by atoms with Crippen LogP contribution in [0.2, 0.25) is 0 Å². The molecule has 5 heteroatoms. The molecule has 1 fully saturated rings. The minimum atomic E-state index is -0.316. The van der Waals surface area contributed by atoms with Gasteiger partial charge in [-0.2, -0.15) is 0 Å². The first-order valence-electron chi connectivity index (χ1n) is 8.00. The molecule has 0 spiro atoms. The number of esters is 1. The van der Waals surface area contributed by atoms with Crippen molar-refractivity contribution in [1.82, 2.24) is 14.5 Å². The van der Waals surface area contributed by atoms with E-state index in [1.807, 2.05) is 18.3 Å². The summed E-state index contributed by atoms with van der Waals surface area (Å²) < 4.78 is 7.03. The van der Waals surface area contributed by atoms with Gasteiger partial charge in [-0.25, -0.2) is 9.78 Å². The predicted octanol–water partition coefficient (Wildman–Crippen LogP) is 2.99. The van der Waals surface area contributed by atoms with Crippen LogP contribution in [0.25, 0.3) is 11.4 Å². The highest BCUT2D eigenvalue weighted by Gasteiger charge is 2.31. The van der Waals surface area contributed by atoms with Crippen molar-refractivity contribution in [2.45, 2.75) is 31.3 Å². The second-order valence-electron chi connectivity index (χ2n) is 6.26. The second kappa shape index (κ2) is 6.54. The number of nitrogens with zero attached hydrogens (tertiary/aromatic N) is 3. The zero-order valence-corrected chi connectivity index (χ0v) is 13.9. The third-order valence-corrected chi connectivity index (χ3v) is 4.70. The Balaban J connectivity index is 1.90. The molecule has 1 heterocycles. The Hall–Kier alpha value is -2.14. The highest BCUT2D eigenvalue weighted by molar-refractivity contribution is 5.89. The van der Waals surface area contributed by atoms with E-state index in [0.717, 1.165) is 11.4 Å². The van der Waals surface area contributed by atoms with Gasteiger partial charge in [-0.15, -0.1) is 0 Å². The molecule has 0 amide bonds. The Morgan fingerprint density at radius 3 is 2.65 bits per heavy atom. The van der Waals surface area contributed by atoms with Gasteiger partial charge in [0, 0.05) is 24.0 Å². The Morgan fingerprint density at radius 1 is 1.26 bits per heavy atom. The van der Waals surface area contributed by atoms with Crippen LogP contribution in [0.3, 0.4) is 0 Å². The van der Waals surface area contributed by atoms with Crippen LogP contribution in [0.1, 0.15) is 35.7 Å². The summed E-state index contributed by atoms with van der Waals surface area (Å²) in [5.74, 6) is 0.642. The molecule has 1 aromatic carbocycles. The normalized spacial score (nSPS) is 20.9. The van der Waals surface area contributed by atoms with E-state index >= 15 is 0 Å². The van der Waals surface area contributed by atoms with E-state index in [-0.39, 0.29) is 5.97 Å². The quantitative estimate of drug-likeness (QED) is 0.814. The topological polar surface area (TPSA) is 47.4 Å². The lowest BCUT2D eigenvalue weighted by Gasteiger charge is -2.28. The van der Waals surface area contributed by atoms with Gasteiger partial charge >= 0.3 is 5.97 Å². The van der Waals surface area contributed by atoms with Gasteiger partial charge in [-0.05, 0) is 45.5 Å². The number of imidazole rings is 1. The minimum Gasteiger partial charge on any atom is -0.465 e. The molecule has 5 nitrogen and oxygen atoms in total. The van der Waals surface area contributed by atoms with Crippen molar-refractivity contribution in [2.24, 2.45) is 0 Å². The van der Waals surface area contributed by atoms with Crippen LogP contribution >= 0.6 is 0 Å². The van der Waals surface area contributed by atoms with Crippen molar-refractivity contribution >= 4 is 5.97 Å². The summed E-state index contributed by atoms with van der Waals surface area (Å²) in [6.45, 7) is 0. The first-order chi connectivity index (χ1) is 11.1. The number of ether oxygens (including phenoxy) is 1. The fourth-order valence-electron chi connectivity index (χ4n) is 3.53. The van der Waals surface area contributed by atoms with Crippen molar-refractivity contribution in [2.75, 3.05) is 21.2 Å². The number of benzene rings is 1. The summed E-state index contributed by atoms with van der Waals surface area (Å²) in [6, 6.07) is 8.44. The first-order valence-corrected chi connectivity index (χ1v) is 8.00. The molecule has 23 heavy (non-hydrogen) atoms. The molecule has 0 saturated heterocycles. The molecule has 1 aliphatic carbocycles. The smallest absolute Gasteiger partial charge is 0.337 e. The van der Waals surface area contributed by atoms with Crippen molar-refractivity contribution in [3.8, 4) is 11.4 Å². The lowest BCUT2D eigenvalue weighted by molar-refractivity contribution is 0.0601. The summed E-state index contributed by atoms with van der Waals surface area (Å²) >= 11 is 0. The maximum absolute atomic E-state index is 11.6. The zero-order valence-electron chi connectivity index (χ0n) is 13.9. The molecule has 1 aromatic heterocycles. The number of methoxy groups -OCH3 is 1. The Bertz CT molecular complexity index is 676. The van der Waals surface area contributed by atoms with Crippen molar-refractivity contribution in [3.63, 3.8) is 0 Å². The molecule has 0 radical (unpaired) electrons. The molecule has 3 rings (SSSR count). The number of carbonyl (C=O) groups excluding carboxylic acids is 1. The molecule has 0 aliphatic heterocycles. The summed E-state index contributed by atoms with van der Waals surface area (Å²) in [4.78, 5) is 18.4. The molecule has 2 aromatic rings. The van der Waals surface area contributed by atoms with Gasteiger partial charge in [0.1, 0.15) is 5.82 Å². The van der Waals surface area contributed by atoms with Crippen LogP contribution in [0.4, 0.5) is 0 Å². The fraction of sp³-hybridized carbons (Fsp3) is 0.444. The molecular formula is C18H23N3O2. The lowest BCUT2D eigenvalue weighted by Crippen LogP contribution is -2.32. The van der Waals surface area contributed by atoms with Gasteiger partial charge in [-0.3, -0.25) is 0 Å². The van der Waals surface area contributed by atoms with E-state index in [9.17, 15) is 4.79 Å². The highest BCUT2D eigenvalue weighted by Crippen LogP contribution is 2.35. The standard InChI is InChI=1S/C18H23N3O2/c1-20(2)15-5-4-6-16(15)21-12-11-19-17(21)13-7-9-14(10-8-13)18(22)23-3/h7-12,15-16H,4-6H2,1-3H3/t15-,16-/m1/s1. The molecule has 0 bridgehead atoms. The molecule has 0 unspecified atom stereocenters. The van der Waals surface area contributed by atoms with Crippen LogP contribution in [0, 0.1) is 0 Å². The van der Waals surface area contributed by atoms with Gasteiger partial charge in [0.05, 0.1) is 18.7 Å². The summed E-state index contributed by atoms with van der Waals surface area (Å²) in [5.41, 5.74) is 1.58. The van der Waals surface area contributed by atoms with E-state index in [1.54, 1.807) is 12.1 Å². The number of hydrogen-bond acceptors (Lipinski definition) is 4. The third-order valence-electron chi connectivity index (χ3n) is 4.70. The number of rotatable bonds is 4. The predicted molar refractivity (Wildman–Crippen MR) is 89.4 cm³/mol. The van der Waals surface area contributed by atoms with E-state index in [0.29, 0.717) is 17.6 Å². The van der Waals surface area contributed by atoms with Gasteiger partial charge in [0.2, 0.25) is 0 Å². The largest absolute Gasteiger partial charge is 0.465 e. The van der Waals surface area contributed by atoms with E-state index in [1.165, 1.54) is 26.4 Å². The summed E-state index contributed by atoms with van der Waals surface area (Å²) in [6.07, 6.45) is 7.56. The maximum atomic E-state index is 11.6. The SMILES string of the molecule is COC(=O)c1ccc(-c2nccn2[C@@H]2CCC[C@H]2N(C)C)cc1. The Kier molecular flexibility index (Phi) is 4.48. The van der Waals surface area contributed by atoms with Crippen LogP contribution in [-0.2, 0) is 4.74 Å². The van der Waals surface area contributed by atoms with Crippen LogP contribution in [0.5, 0.6) is 0 Å². The van der Waals surface area contributed by atoms with E-state index < -0.39 is 0 Å². The van der Waals surface area contributed by atoms with Crippen LogP contribution in [-0.4, -0.2) is 47.7 Å². The second-order valence-corrected chi connectivity index (χ2v) is 6.26. The number of likely N-dealkylation sites (N-methyl/N-ethyl adjacent to an activating group) is 1. The van der Waals surface area contributed by atoms with Gasteiger partial charge in [0.15, 0.2) is 0 Å². The average molecular weight is 313 g/mol. The Labute approximate surface area is 136 Å². The number of aromatic nitrogens is 2. The molecule has 1 saturated carbocycles. The fourth-order valence-corrected chi connectivity index (χ4v) is 3.53. The molecule has 1 aliphatic rings. The van der Waals surface area contributed by atoms with E-state index in [4.69, 9.17) is 4.74 Å². The number of hydrogen-bond donors (Lipinski definition) is 0. The molecule has 122 valence electrons. The zero-order chi connectivity index (χ0) is 16.4. The molecule has 0 N–H and O–H groups in total. The van der Waals surface area contributed by atoms with Crippen molar-refractivity contribution in [1.29, 1.82) is 0 Å². The lowest BCUT2D eigenvalue weighted by atomic mass is 10.1. The van der Waals surface area contributed by atoms with Gasteiger partial charge in [0.25, 0.3) is 0 Å². The number of carbonyl (C=O) groups is 1. The minimum absolute atomic E-state index is 0.316. The van der Waals surface area contributed by atoms with Crippen molar-refractivity contribution in [3.05, 3.63) is 42.2 Å². The maximum Gasteiger partial charge on any atom is 0.337 e. The highest BCUT2D eigenvalue weighted by atomic mass is 16.5. The average Bonchev–Trinajstić information content (AvgIpc) is 3.22. The summed E-state index contributed by atoms with van der Waals surface area (Å²) in [7, 11) is 5.68. The van der Waals surface area contributed by atoms with Crippen molar-refractivity contribution < 1.29 is 9.53 Å². The molecule has 2 atom stereocenters. The van der Waals surface area contributed by atoms with Gasteiger partial charge in [-0.1, -0.05) is 12.1 Å². The van der Waals surface area contributed by atoms with E-state index in [2.05, 4.69) is 34.7 Å². The first kappa shape index (κ1) is 15.7. The monoisotopic (exact) mass is 313 g/mol. The van der Waals surface area contributed by atoms with Crippen LogP contribution in [0.15, 0.2) is 36.7 Å². The van der Waals surface area contributed by atoms with Crippen LogP contribution < -0.4 is 0 Å². The van der Waals surface area contributed by atoms with Gasteiger partial charge < -0.3 is 14.2 Å². The Morgan fingerprint density at radius 2 is 2.00 bits per heavy atom. The third kappa shape index (κ3) is 3.01.